The standard InChI is InChI=1S/C15H22N2/c1-13(16-2)15-8-10-17(11-9-15)12-14-6-4-3-5-7-14/h3-8,13,16H,9-12H2,1-2H3. The minimum atomic E-state index is 0.522. The van der Waals surface area contributed by atoms with Gasteiger partial charge in [-0.3, -0.25) is 4.90 Å². The van der Waals surface area contributed by atoms with E-state index in [9.17, 15) is 0 Å². The lowest BCUT2D eigenvalue weighted by molar-refractivity contribution is 0.281. The number of nitrogens with zero attached hydrogens (tertiary/aromatic N) is 1. The average molecular weight is 230 g/mol. The van der Waals surface area contributed by atoms with E-state index in [0.29, 0.717) is 6.04 Å². The lowest BCUT2D eigenvalue weighted by atomic mass is 10.0. The second-order valence-corrected chi connectivity index (χ2v) is 4.76. The van der Waals surface area contributed by atoms with E-state index in [1.54, 1.807) is 5.57 Å². The number of benzene rings is 1. The average Bonchev–Trinajstić information content (AvgIpc) is 2.40. The Morgan fingerprint density at radius 1 is 1.29 bits per heavy atom. The number of likely N-dealkylation sites (N-methyl/N-ethyl adjacent to an activating group) is 1. The third kappa shape index (κ3) is 3.42. The second-order valence-electron chi connectivity index (χ2n) is 4.76. The molecule has 1 aliphatic rings. The number of nitrogens with one attached hydrogen (secondary N) is 1. The van der Waals surface area contributed by atoms with Crippen LogP contribution in [0, 0.1) is 0 Å². The lowest BCUT2D eigenvalue weighted by Gasteiger charge is -2.28. The Morgan fingerprint density at radius 3 is 2.65 bits per heavy atom. The van der Waals surface area contributed by atoms with E-state index in [2.05, 4.69) is 53.5 Å². The van der Waals surface area contributed by atoms with Gasteiger partial charge in [-0.05, 0) is 26.0 Å². The molecule has 1 N–H and O–H groups in total. The van der Waals surface area contributed by atoms with Crippen molar-refractivity contribution < 1.29 is 0 Å². The van der Waals surface area contributed by atoms with Crippen molar-refractivity contribution >= 4 is 0 Å². The molecule has 1 aromatic rings. The molecular weight excluding hydrogens is 208 g/mol. The Hall–Kier alpha value is -1.12. The second kappa shape index (κ2) is 5.99. The molecule has 1 aromatic carbocycles. The van der Waals surface area contributed by atoms with E-state index in [-0.39, 0.29) is 0 Å². The van der Waals surface area contributed by atoms with Gasteiger partial charge in [-0.1, -0.05) is 42.0 Å². The highest BCUT2D eigenvalue weighted by Gasteiger charge is 2.14. The van der Waals surface area contributed by atoms with Crippen molar-refractivity contribution in [1.82, 2.24) is 10.2 Å². The van der Waals surface area contributed by atoms with Crippen molar-refractivity contribution in [2.45, 2.75) is 25.9 Å². The molecule has 2 rings (SSSR count). The first kappa shape index (κ1) is 12.3. The largest absolute Gasteiger partial charge is 0.314 e. The molecular formula is C15H22N2. The van der Waals surface area contributed by atoms with Gasteiger partial charge in [-0.2, -0.15) is 0 Å². The van der Waals surface area contributed by atoms with Gasteiger partial charge in [-0.15, -0.1) is 0 Å². The monoisotopic (exact) mass is 230 g/mol. The van der Waals surface area contributed by atoms with Crippen molar-refractivity contribution in [2.75, 3.05) is 20.1 Å². The fourth-order valence-electron chi connectivity index (χ4n) is 2.29. The van der Waals surface area contributed by atoms with Crippen LogP contribution in [0.4, 0.5) is 0 Å². The molecule has 1 atom stereocenters. The van der Waals surface area contributed by atoms with Crippen LogP contribution in [0.5, 0.6) is 0 Å². The SMILES string of the molecule is CNC(C)C1=CCN(Cc2ccccc2)CC1. The summed E-state index contributed by atoms with van der Waals surface area (Å²) in [6.45, 7) is 5.56. The molecule has 1 heterocycles. The third-order valence-electron chi connectivity index (χ3n) is 3.57. The number of hydrogen-bond donors (Lipinski definition) is 1. The van der Waals surface area contributed by atoms with E-state index in [1.165, 1.54) is 18.5 Å². The van der Waals surface area contributed by atoms with Gasteiger partial charge in [0.15, 0.2) is 0 Å². The molecule has 1 unspecified atom stereocenters. The van der Waals surface area contributed by atoms with Crippen LogP contribution in [0.3, 0.4) is 0 Å². The van der Waals surface area contributed by atoms with Gasteiger partial charge in [-0.25, -0.2) is 0 Å². The van der Waals surface area contributed by atoms with Gasteiger partial charge in [0.1, 0.15) is 0 Å². The van der Waals surface area contributed by atoms with E-state index < -0.39 is 0 Å². The van der Waals surface area contributed by atoms with Crippen molar-refractivity contribution in [1.29, 1.82) is 0 Å². The van der Waals surface area contributed by atoms with Gasteiger partial charge < -0.3 is 5.32 Å². The molecule has 0 saturated carbocycles. The Labute approximate surface area is 104 Å². The van der Waals surface area contributed by atoms with Crippen LogP contribution in [0.25, 0.3) is 0 Å². The van der Waals surface area contributed by atoms with Crippen LogP contribution < -0.4 is 5.32 Å². The summed E-state index contributed by atoms with van der Waals surface area (Å²) in [7, 11) is 2.03. The molecule has 0 saturated heterocycles. The van der Waals surface area contributed by atoms with E-state index in [0.717, 1.165) is 13.1 Å². The molecule has 0 bridgehead atoms. The Morgan fingerprint density at radius 2 is 2.06 bits per heavy atom. The fraction of sp³-hybridized carbons (Fsp3) is 0.467. The van der Waals surface area contributed by atoms with Crippen molar-refractivity contribution in [3.05, 3.63) is 47.5 Å². The van der Waals surface area contributed by atoms with Crippen LogP contribution in [0.1, 0.15) is 18.9 Å². The summed E-state index contributed by atoms with van der Waals surface area (Å²) in [5.74, 6) is 0. The number of rotatable bonds is 4. The van der Waals surface area contributed by atoms with Crippen LogP contribution in [-0.2, 0) is 6.54 Å². The molecule has 0 aliphatic carbocycles. The minimum Gasteiger partial charge on any atom is -0.314 e. The van der Waals surface area contributed by atoms with Gasteiger partial charge in [0, 0.05) is 25.7 Å². The van der Waals surface area contributed by atoms with Crippen molar-refractivity contribution in [2.24, 2.45) is 0 Å². The molecule has 92 valence electrons. The highest BCUT2D eigenvalue weighted by atomic mass is 15.1. The topological polar surface area (TPSA) is 15.3 Å². The van der Waals surface area contributed by atoms with Gasteiger partial charge in [0.05, 0.1) is 0 Å². The summed E-state index contributed by atoms with van der Waals surface area (Å²) in [6, 6.07) is 11.2. The highest BCUT2D eigenvalue weighted by Crippen LogP contribution is 2.16. The van der Waals surface area contributed by atoms with Crippen LogP contribution in [-0.4, -0.2) is 31.1 Å². The maximum atomic E-state index is 3.31. The van der Waals surface area contributed by atoms with Gasteiger partial charge >= 0.3 is 0 Å². The molecule has 0 spiro atoms. The van der Waals surface area contributed by atoms with Crippen LogP contribution in [0.2, 0.25) is 0 Å². The predicted octanol–water partition coefficient (Wildman–Crippen LogP) is 2.43. The van der Waals surface area contributed by atoms with Crippen LogP contribution >= 0.6 is 0 Å². The number of hydrogen-bond acceptors (Lipinski definition) is 2. The summed E-state index contributed by atoms with van der Waals surface area (Å²) < 4.78 is 0. The Kier molecular flexibility index (Phi) is 4.35. The minimum absolute atomic E-state index is 0.522. The van der Waals surface area contributed by atoms with E-state index in [4.69, 9.17) is 0 Å². The first-order valence-electron chi connectivity index (χ1n) is 6.42. The summed E-state index contributed by atoms with van der Waals surface area (Å²) in [6.07, 6.45) is 3.57. The predicted molar refractivity (Wildman–Crippen MR) is 72.9 cm³/mol. The first-order valence-corrected chi connectivity index (χ1v) is 6.42. The fourth-order valence-corrected chi connectivity index (χ4v) is 2.29. The molecule has 1 aliphatic heterocycles. The van der Waals surface area contributed by atoms with E-state index >= 15 is 0 Å². The molecule has 0 radical (unpaired) electrons. The normalized spacial score (nSPS) is 18.8. The van der Waals surface area contributed by atoms with Gasteiger partial charge in [0.2, 0.25) is 0 Å². The maximum absolute atomic E-state index is 3.31. The highest BCUT2D eigenvalue weighted by molar-refractivity contribution is 5.17. The maximum Gasteiger partial charge on any atom is 0.0249 e. The molecule has 2 heteroatoms. The summed E-state index contributed by atoms with van der Waals surface area (Å²) >= 11 is 0. The quantitative estimate of drug-likeness (QED) is 0.799. The molecule has 0 aromatic heterocycles. The summed E-state index contributed by atoms with van der Waals surface area (Å²) in [4.78, 5) is 2.50. The zero-order valence-corrected chi connectivity index (χ0v) is 10.8. The van der Waals surface area contributed by atoms with E-state index in [1.807, 2.05) is 7.05 Å². The van der Waals surface area contributed by atoms with Crippen molar-refractivity contribution in [3.63, 3.8) is 0 Å². The summed E-state index contributed by atoms with van der Waals surface area (Å²) in [5, 5.41) is 3.31. The third-order valence-corrected chi connectivity index (χ3v) is 3.57. The molecule has 0 amide bonds. The van der Waals surface area contributed by atoms with Crippen molar-refractivity contribution in [3.8, 4) is 0 Å². The zero-order valence-electron chi connectivity index (χ0n) is 10.8. The van der Waals surface area contributed by atoms with Gasteiger partial charge in [0.25, 0.3) is 0 Å². The molecule has 17 heavy (non-hydrogen) atoms. The molecule has 2 nitrogen and oxygen atoms in total. The smallest absolute Gasteiger partial charge is 0.0249 e. The lowest BCUT2D eigenvalue weighted by Crippen LogP contribution is -2.33. The zero-order chi connectivity index (χ0) is 12.1. The summed E-state index contributed by atoms with van der Waals surface area (Å²) in [5.41, 5.74) is 2.96. The van der Waals surface area contributed by atoms with Crippen LogP contribution in [0.15, 0.2) is 42.0 Å². The Balaban J connectivity index is 1.89. The first-order chi connectivity index (χ1) is 8.29. The Bertz CT molecular complexity index is 370. The molecule has 0 fully saturated rings.